The summed E-state index contributed by atoms with van der Waals surface area (Å²) in [4.78, 5) is 0. The first kappa shape index (κ1) is 13.4. The van der Waals surface area contributed by atoms with Gasteiger partial charge >= 0.3 is 0 Å². The summed E-state index contributed by atoms with van der Waals surface area (Å²) >= 11 is 0. The van der Waals surface area contributed by atoms with Crippen molar-refractivity contribution >= 4 is 0 Å². The molecule has 0 unspecified atom stereocenters. The summed E-state index contributed by atoms with van der Waals surface area (Å²) in [6.07, 6.45) is 1.55. The van der Waals surface area contributed by atoms with Gasteiger partial charge in [-0.05, 0) is 30.5 Å². The van der Waals surface area contributed by atoms with Gasteiger partial charge in [0, 0.05) is 32.2 Å². The first-order valence-corrected chi connectivity index (χ1v) is 7.25. The van der Waals surface area contributed by atoms with Gasteiger partial charge < -0.3 is 14.8 Å². The van der Waals surface area contributed by atoms with Crippen LogP contribution in [-0.2, 0) is 10.2 Å². The lowest BCUT2D eigenvalue weighted by atomic mass is 9.75. The molecule has 1 N–H and O–H groups in total. The van der Waals surface area contributed by atoms with E-state index in [0.29, 0.717) is 19.1 Å². The molecule has 1 aromatic carbocycles. The summed E-state index contributed by atoms with van der Waals surface area (Å²) in [5.41, 5.74) is 0.704. The molecule has 2 saturated heterocycles. The third-order valence-corrected chi connectivity index (χ3v) is 4.32. The van der Waals surface area contributed by atoms with Crippen molar-refractivity contribution in [3.05, 3.63) is 29.8 Å². The minimum absolute atomic E-state index is 0.380. The number of nitrogens with one attached hydrogen (secondary N) is 1. The average Bonchev–Trinajstić information content (AvgIpc) is 2.47. The summed E-state index contributed by atoms with van der Waals surface area (Å²) in [7, 11) is 0. The minimum atomic E-state index is -0.380. The van der Waals surface area contributed by atoms with Gasteiger partial charge in [0.1, 0.15) is 5.75 Å². The third kappa shape index (κ3) is 2.65. The molecule has 0 aliphatic carbocycles. The van der Waals surface area contributed by atoms with Crippen molar-refractivity contribution in [2.45, 2.75) is 18.3 Å². The van der Waals surface area contributed by atoms with Gasteiger partial charge in [0.25, 0.3) is 0 Å². The van der Waals surface area contributed by atoms with Crippen LogP contribution in [0.15, 0.2) is 24.3 Å². The Morgan fingerprint density at radius 3 is 2.50 bits per heavy atom. The van der Waals surface area contributed by atoms with Gasteiger partial charge in [-0.25, -0.2) is 0 Å². The Morgan fingerprint density at radius 1 is 1.25 bits per heavy atom. The Hall–Kier alpha value is -1.57. The second kappa shape index (κ2) is 5.82. The van der Waals surface area contributed by atoms with Gasteiger partial charge in [-0.15, -0.1) is 0 Å². The largest absolute Gasteiger partial charge is 0.493 e. The van der Waals surface area contributed by atoms with E-state index in [9.17, 15) is 5.26 Å². The van der Waals surface area contributed by atoms with Crippen LogP contribution in [0, 0.1) is 17.2 Å². The van der Waals surface area contributed by atoms with Crippen LogP contribution in [0.2, 0.25) is 0 Å². The molecular formula is C16H20N2O2. The number of nitrogens with zero attached hydrogens (tertiary/aromatic N) is 1. The molecule has 0 amide bonds. The average molecular weight is 272 g/mol. The molecule has 2 aliphatic rings. The zero-order valence-corrected chi connectivity index (χ0v) is 11.6. The fourth-order valence-electron chi connectivity index (χ4n) is 2.74. The van der Waals surface area contributed by atoms with Crippen LogP contribution >= 0.6 is 0 Å². The molecule has 2 fully saturated rings. The molecule has 1 aromatic rings. The highest BCUT2D eigenvalue weighted by Crippen LogP contribution is 2.34. The first-order chi connectivity index (χ1) is 9.82. The van der Waals surface area contributed by atoms with Crippen molar-refractivity contribution in [3.63, 3.8) is 0 Å². The fraction of sp³-hybridized carbons (Fsp3) is 0.562. The Labute approximate surface area is 119 Å². The van der Waals surface area contributed by atoms with Gasteiger partial charge in [0.05, 0.1) is 18.1 Å². The summed E-state index contributed by atoms with van der Waals surface area (Å²) < 4.78 is 11.1. The predicted molar refractivity (Wildman–Crippen MR) is 75.6 cm³/mol. The number of ether oxygens (including phenoxy) is 2. The molecule has 0 saturated carbocycles. The van der Waals surface area contributed by atoms with E-state index < -0.39 is 0 Å². The molecule has 3 rings (SSSR count). The van der Waals surface area contributed by atoms with Gasteiger partial charge in [0.2, 0.25) is 0 Å². The van der Waals surface area contributed by atoms with Crippen molar-refractivity contribution in [2.75, 3.05) is 32.9 Å². The van der Waals surface area contributed by atoms with Crippen LogP contribution in [0.3, 0.4) is 0 Å². The Morgan fingerprint density at radius 2 is 1.95 bits per heavy atom. The van der Waals surface area contributed by atoms with E-state index in [2.05, 4.69) is 11.4 Å². The molecule has 106 valence electrons. The molecule has 2 aliphatic heterocycles. The van der Waals surface area contributed by atoms with Crippen molar-refractivity contribution in [1.29, 1.82) is 5.26 Å². The van der Waals surface area contributed by atoms with E-state index in [-0.39, 0.29) is 5.41 Å². The van der Waals surface area contributed by atoms with Crippen molar-refractivity contribution in [2.24, 2.45) is 5.92 Å². The Kier molecular flexibility index (Phi) is 3.90. The molecule has 4 nitrogen and oxygen atoms in total. The van der Waals surface area contributed by atoms with Crippen molar-refractivity contribution in [1.82, 2.24) is 5.32 Å². The lowest BCUT2D eigenvalue weighted by Gasteiger charge is -2.31. The van der Waals surface area contributed by atoms with Crippen LogP contribution in [0.5, 0.6) is 5.75 Å². The second-order valence-corrected chi connectivity index (χ2v) is 5.67. The molecular weight excluding hydrogens is 252 g/mol. The monoisotopic (exact) mass is 272 g/mol. The molecule has 0 spiro atoms. The van der Waals surface area contributed by atoms with Crippen LogP contribution in [0.1, 0.15) is 18.4 Å². The first-order valence-electron chi connectivity index (χ1n) is 7.25. The molecule has 0 aromatic heterocycles. The number of hydrogen-bond donors (Lipinski definition) is 1. The van der Waals surface area contributed by atoms with E-state index in [1.807, 2.05) is 24.3 Å². The zero-order valence-electron chi connectivity index (χ0n) is 11.6. The number of benzene rings is 1. The molecule has 20 heavy (non-hydrogen) atoms. The number of rotatable bonds is 4. The minimum Gasteiger partial charge on any atom is -0.493 e. The zero-order chi connectivity index (χ0) is 13.8. The fourth-order valence-corrected chi connectivity index (χ4v) is 2.74. The predicted octanol–water partition coefficient (Wildman–Crippen LogP) is 1.86. The van der Waals surface area contributed by atoms with Crippen LogP contribution in [0.25, 0.3) is 0 Å². The van der Waals surface area contributed by atoms with Crippen molar-refractivity contribution < 1.29 is 9.47 Å². The van der Waals surface area contributed by atoms with Crippen LogP contribution < -0.4 is 10.1 Å². The van der Waals surface area contributed by atoms with E-state index in [0.717, 1.165) is 43.9 Å². The molecule has 0 radical (unpaired) electrons. The van der Waals surface area contributed by atoms with E-state index in [1.54, 1.807) is 0 Å². The molecule has 4 heteroatoms. The van der Waals surface area contributed by atoms with Crippen molar-refractivity contribution in [3.8, 4) is 11.8 Å². The van der Waals surface area contributed by atoms with Crippen LogP contribution in [0.4, 0.5) is 0 Å². The number of nitriles is 1. The van der Waals surface area contributed by atoms with Gasteiger partial charge in [-0.1, -0.05) is 12.1 Å². The van der Waals surface area contributed by atoms with Gasteiger partial charge in [0.15, 0.2) is 0 Å². The highest BCUT2D eigenvalue weighted by Gasteiger charge is 2.34. The molecule has 0 bridgehead atoms. The van der Waals surface area contributed by atoms with Gasteiger partial charge in [-0.2, -0.15) is 5.26 Å². The quantitative estimate of drug-likeness (QED) is 0.909. The summed E-state index contributed by atoms with van der Waals surface area (Å²) in [6, 6.07) is 10.5. The smallest absolute Gasteiger partial charge is 0.119 e. The van der Waals surface area contributed by atoms with Gasteiger partial charge in [-0.3, -0.25) is 0 Å². The summed E-state index contributed by atoms with van der Waals surface area (Å²) in [6.45, 7) is 4.20. The van der Waals surface area contributed by atoms with E-state index >= 15 is 0 Å². The normalized spacial score (nSPS) is 21.8. The highest BCUT2D eigenvalue weighted by atomic mass is 16.5. The maximum absolute atomic E-state index is 9.54. The molecule has 2 heterocycles. The SMILES string of the molecule is N#CC1(c2ccc(OCC3CNC3)cc2)CCOCC1. The Balaban J connectivity index is 1.66. The second-order valence-electron chi connectivity index (χ2n) is 5.67. The lowest BCUT2D eigenvalue weighted by Crippen LogP contribution is -2.45. The standard InChI is InChI=1S/C16H20N2O2/c17-12-16(5-7-19-8-6-16)14-1-3-15(4-2-14)20-11-13-9-18-10-13/h1-4,13,18H,5-11H2. The summed E-state index contributed by atoms with van der Waals surface area (Å²) in [5.74, 6) is 1.52. The maximum Gasteiger partial charge on any atom is 0.119 e. The Bertz CT molecular complexity index is 482. The van der Waals surface area contributed by atoms with Crippen LogP contribution in [-0.4, -0.2) is 32.9 Å². The molecule has 0 atom stereocenters. The number of hydrogen-bond acceptors (Lipinski definition) is 4. The third-order valence-electron chi connectivity index (χ3n) is 4.32. The maximum atomic E-state index is 9.54. The van der Waals surface area contributed by atoms with E-state index in [1.165, 1.54) is 0 Å². The van der Waals surface area contributed by atoms with E-state index in [4.69, 9.17) is 9.47 Å². The lowest BCUT2D eigenvalue weighted by molar-refractivity contribution is 0.0675. The highest BCUT2D eigenvalue weighted by molar-refractivity contribution is 5.37. The topological polar surface area (TPSA) is 54.3 Å². The summed E-state index contributed by atoms with van der Waals surface area (Å²) in [5, 5.41) is 12.8.